The quantitative estimate of drug-likeness (QED) is 0.292. The summed E-state index contributed by atoms with van der Waals surface area (Å²) < 4.78 is 2.65. The first-order chi connectivity index (χ1) is 16.2. The summed E-state index contributed by atoms with van der Waals surface area (Å²) in [6, 6.07) is 32.9. The Labute approximate surface area is 198 Å². The summed E-state index contributed by atoms with van der Waals surface area (Å²) in [6.45, 7) is 2.31. The van der Waals surface area contributed by atoms with Crippen LogP contribution in [0, 0.1) is 5.92 Å². The van der Waals surface area contributed by atoms with Gasteiger partial charge >= 0.3 is 0 Å². The van der Waals surface area contributed by atoms with E-state index in [2.05, 4.69) is 121 Å². The van der Waals surface area contributed by atoms with Crippen LogP contribution in [0.3, 0.4) is 0 Å². The Morgan fingerprint density at radius 2 is 1.48 bits per heavy atom. The largest absolute Gasteiger partial charge is 0.355 e. The van der Waals surface area contributed by atoms with Gasteiger partial charge in [0.05, 0.1) is 0 Å². The fraction of sp³-hybridized carbons (Fsp3) is 0.0968. The summed E-state index contributed by atoms with van der Waals surface area (Å²) in [5.74, 6) is 0.517. The topological polar surface area (TPSA) is 12.0 Å². The number of nitrogens with one attached hydrogen (secondary N) is 1. The third-order valence-corrected chi connectivity index (χ3v) is 7.61. The lowest BCUT2D eigenvalue weighted by molar-refractivity contribution is 0.758. The highest BCUT2D eigenvalue weighted by Crippen LogP contribution is 2.38. The van der Waals surface area contributed by atoms with Crippen molar-refractivity contribution >= 4 is 48.5 Å². The van der Waals surface area contributed by atoms with Crippen LogP contribution in [0.1, 0.15) is 18.9 Å². The van der Waals surface area contributed by atoms with Crippen LogP contribution in [0.2, 0.25) is 0 Å². The van der Waals surface area contributed by atoms with Crippen LogP contribution in [0.5, 0.6) is 0 Å². The highest BCUT2D eigenvalue weighted by molar-refractivity contribution is 7.25. The van der Waals surface area contributed by atoms with E-state index in [0.717, 1.165) is 17.8 Å². The molecular weight excluding hydrogens is 418 g/mol. The van der Waals surface area contributed by atoms with Crippen LogP contribution >= 0.6 is 11.3 Å². The first-order valence-corrected chi connectivity index (χ1v) is 12.3. The van der Waals surface area contributed by atoms with Crippen molar-refractivity contribution in [2.45, 2.75) is 13.3 Å². The number of allylic oxidation sites excluding steroid dienone is 4. The summed E-state index contributed by atoms with van der Waals surface area (Å²) in [4.78, 5) is 0. The zero-order valence-electron chi connectivity index (χ0n) is 18.6. The molecule has 5 aromatic rings. The Morgan fingerprint density at radius 1 is 0.697 bits per heavy atom. The Morgan fingerprint density at radius 3 is 2.36 bits per heavy atom. The van der Waals surface area contributed by atoms with Gasteiger partial charge in [0.15, 0.2) is 0 Å². The average Bonchev–Trinajstić information content (AvgIpc) is 3.22. The molecule has 6 rings (SSSR count). The van der Waals surface area contributed by atoms with E-state index in [0.29, 0.717) is 5.92 Å². The molecule has 0 spiro atoms. The van der Waals surface area contributed by atoms with Crippen molar-refractivity contribution in [1.29, 1.82) is 0 Å². The van der Waals surface area contributed by atoms with Crippen molar-refractivity contribution < 1.29 is 0 Å². The monoisotopic (exact) mass is 443 g/mol. The Bertz CT molecular complexity index is 1520. The predicted octanol–water partition coefficient (Wildman–Crippen LogP) is 9.44. The van der Waals surface area contributed by atoms with E-state index in [1.54, 1.807) is 0 Å². The molecule has 1 aliphatic carbocycles. The van der Waals surface area contributed by atoms with Crippen LogP contribution in [-0.2, 0) is 0 Å². The number of anilines is 2. The molecule has 4 aromatic carbocycles. The molecule has 33 heavy (non-hydrogen) atoms. The maximum absolute atomic E-state index is 3.71. The van der Waals surface area contributed by atoms with Crippen molar-refractivity contribution in [3.05, 3.63) is 115 Å². The molecular formula is C31H25NS. The molecule has 0 bridgehead atoms. The second kappa shape index (κ2) is 8.38. The molecule has 1 aromatic heterocycles. The van der Waals surface area contributed by atoms with Gasteiger partial charge in [0.1, 0.15) is 0 Å². The van der Waals surface area contributed by atoms with Gasteiger partial charge in [0.2, 0.25) is 0 Å². The second-order valence-corrected chi connectivity index (χ2v) is 9.87. The molecule has 2 heteroatoms. The molecule has 0 radical (unpaired) electrons. The van der Waals surface area contributed by atoms with Crippen molar-refractivity contribution in [2.75, 3.05) is 5.32 Å². The van der Waals surface area contributed by atoms with Gasteiger partial charge in [-0.3, -0.25) is 0 Å². The van der Waals surface area contributed by atoms with Gasteiger partial charge in [-0.2, -0.15) is 0 Å². The number of thiophene rings is 1. The summed E-state index contributed by atoms with van der Waals surface area (Å²) >= 11 is 1.86. The SMILES string of the molecule is CC1CC=CC=C1c1cc(Nc2ccc3c(c2)sc2ccccc23)cc(-c2ccccc2)c1. The molecule has 0 fully saturated rings. The lowest BCUT2D eigenvalue weighted by Gasteiger charge is -2.20. The van der Waals surface area contributed by atoms with Gasteiger partial charge in [0, 0.05) is 31.5 Å². The van der Waals surface area contributed by atoms with Crippen LogP contribution < -0.4 is 5.32 Å². The lowest BCUT2D eigenvalue weighted by atomic mass is 9.86. The third kappa shape index (κ3) is 3.88. The van der Waals surface area contributed by atoms with E-state index in [9.17, 15) is 0 Å². The summed E-state index contributed by atoms with van der Waals surface area (Å²) in [7, 11) is 0. The van der Waals surface area contributed by atoms with Gasteiger partial charge in [-0.25, -0.2) is 0 Å². The molecule has 160 valence electrons. The minimum absolute atomic E-state index is 0.517. The Balaban J connectivity index is 1.43. The molecule has 1 heterocycles. The Kier molecular flexibility index (Phi) is 5.09. The normalized spacial score (nSPS) is 15.7. The fourth-order valence-corrected chi connectivity index (χ4v) is 5.91. The molecule has 1 aliphatic rings. The average molecular weight is 444 g/mol. The van der Waals surface area contributed by atoms with Gasteiger partial charge in [-0.1, -0.05) is 79.7 Å². The summed E-state index contributed by atoms with van der Waals surface area (Å²) in [5, 5.41) is 6.37. The predicted molar refractivity (Wildman–Crippen MR) is 145 cm³/mol. The van der Waals surface area contributed by atoms with Gasteiger partial charge in [-0.05, 0) is 71.0 Å². The maximum atomic E-state index is 3.71. The fourth-order valence-electron chi connectivity index (χ4n) is 4.76. The van der Waals surface area contributed by atoms with Crippen molar-refractivity contribution in [3.8, 4) is 11.1 Å². The van der Waals surface area contributed by atoms with E-state index in [4.69, 9.17) is 0 Å². The van der Waals surface area contributed by atoms with Crippen LogP contribution in [0.4, 0.5) is 11.4 Å². The highest BCUT2D eigenvalue weighted by atomic mass is 32.1. The summed E-state index contributed by atoms with van der Waals surface area (Å²) in [5.41, 5.74) is 7.41. The van der Waals surface area contributed by atoms with Crippen LogP contribution in [0.15, 0.2) is 109 Å². The zero-order chi connectivity index (χ0) is 22.2. The molecule has 0 amide bonds. The smallest absolute Gasteiger partial charge is 0.0398 e. The third-order valence-electron chi connectivity index (χ3n) is 6.47. The first kappa shape index (κ1) is 20.0. The van der Waals surface area contributed by atoms with E-state index in [1.165, 1.54) is 42.4 Å². The Hall–Kier alpha value is -3.62. The van der Waals surface area contributed by atoms with Crippen LogP contribution in [0.25, 0.3) is 36.9 Å². The number of fused-ring (bicyclic) bond motifs is 3. The minimum atomic E-state index is 0.517. The maximum Gasteiger partial charge on any atom is 0.0398 e. The van der Waals surface area contributed by atoms with E-state index < -0.39 is 0 Å². The van der Waals surface area contributed by atoms with Crippen molar-refractivity contribution in [2.24, 2.45) is 5.92 Å². The first-order valence-electron chi connectivity index (χ1n) is 11.5. The van der Waals surface area contributed by atoms with Crippen LogP contribution in [-0.4, -0.2) is 0 Å². The number of rotatable bonds is 4. The number of hydrogen-bond donors (Lipinski definition) is 1. The molecule has 1 unspecified atom stereocenters. The standard InChI is InChI=1S/C31H25NS/c1-21-9-5-6-12-27(21)24-17-23(22-10-3-2-4-11-22)18-26(19-24)32-25-15-16-29-28-13-7-8-14-30(28)33-31(29)20-25/h2-8,10-21,32H,9H2,1H3. The molecule has 1 N–H and O–H groups in total. The number of hydrogen-bond acceptors (Lipinski definition) is 2. The lowest BCUT2D eigenvalue weighted by Crippen LogP contribution is -2.02. The van der Waals surface area contributed by atoms with Gasteiger partial charge in [0.25, 0.3) is 0 Å². The minimum Gasteiger partial charge on any atom is -0.355 e. The van der Waals surface area contributed by atoms with Gasteiger partial charge < -0.3 is 5.32 Å². The number of benzene rings is 4. The highest BCUT2D eigenvalue weighted by Gasteiger charge is 2.15. The van der Waals surface area contributed by atoms with Crippen molar-refractivity contribution in [3.63, 3.8) is 0 Å². The van der Waals surface area contributed by atoms with Gasteiger partial charge in [-0.15, -0.1) is 11.3 Å². The molecule has 0 aliphatic heterocycles. The summed E-state index contributed by atoms with van der Waals surface area (Å²) in [6.07, 6.45) is 7.81. The molecule has 0 saturated heterocycles. The van der Waals surface area contributed by atoms with Crippen molar-refractivity contribution in [1.82, 2.24) is 0 Å². The second-order valence-electron chi connectivity index (χ2n) is 8.79. The van der Waals surface area contributed by atoms with E-state index >= 15 is 0 Å². The molecule has 1 atom stereocenters. The van der Waals surface area contributed by atoms with E-state index in [1.807, 2.05) is 11.3 Å². The molecule has 0 saturated carbocycles. The van der Waals surface area contributed by atoms with E-state index in [-0.39, 0.29) is 0 Å². The zero-order valence-corrected chi connectivity index (χ0v) is 19.4. The molecule has 1 nitrogen and oxygen atoms in total.